The van der Waals surface area contributed by atoms with Crippen LogP contribution in [0.4, 0.5) is 0 Å². The van der Waals surface area contributed by atoms with Gasteiger partial charge in [0.2, 0.25) is 16.8 Å². The zero-order valence-corrected chi connectivity index (χ0v) is 15.5. The third-order valence-corrected chi connectivity index (χ3v) is 6.12. The molecule has 1 aromatic heterocycles. The zero-order chi connectivity index (χ0) is 18.0. The normalized spacial score (nSPS) is 14.9. The molecule has 25 heavy (non-hydrogen) atoms. The second-order valence-electron chi connectivity index (χ2n) is 6.37. The van der Waals surface area contributed by atoms with Crippen molar-refractivity contribution in [1.29, 1.82) is 0 Å². The van der Waals surface area contributed by atoms with Crippen molar-refractivity contribution in [2.75, 3.05) is 26.6 Å². The molecule has 0 fully saturated rings. The van der Waals surface area contributed by atoms with E-state index in [4.69, 9.17) is 9.47 Å². The van der Waals surface area contributed by atoms with Gasteiger partial charge in [0.25, 0.3) is 0 Å². The monoisotopic (exact) mass is 365 g/mol. The molecule has 2 aromatic rings. The van der Waals surface area contributed by atoms with Crippen molar-refractivity contribution < 1.29 is 17.9 Å². The molecule has 1 aliphatic rings. The van der Waals surface area contributed by atoms with Crippen molar-refractivity contribution in [2.45, 2.75) is 25.8 Å². The maximum atomic E-state index is 12.0. The van der Waals surface area contributed by atoms with Gasteiger partial charge >= 0.3 is 0 Å². The summed E-state index contributed by atoms with van der Waals surface area (Å²) in [5.74, 6) is 2.63. The van der Waals surface area contributed by atoms with E-state index in [0.717, 1.165) is 29.3 Å². The highest BCUT2D eigenvalue weighted by molar-refractivity contribution is 7.89. The van der Waals surface area contributed by atoms with Gasteiger partial charge in [0, 0.05) is 39.0 Å². The number of fused-ring (bicyclic) bond motifs is 1. The van der Waals surface area contributed by atoms with Crippen molar-refractivity contribution in [1.82, 2.24) is 13.9 Å². The number of hydrogen-bond donors (Lipinski definition) is 0. The fourth-order valence-corrected chi connectivity index (χ4v) is 3.64. The minimum Gasteiger partial charge on any atom is -0.454 e. The highest BCUT2D eigenvalue weighted by atomic mass is 32.2. The Hall–Kier alpha value is -2.06. The van der Waals surface area contributed by atoms with Crippen molar-refractivity contribution >= 4 is 10.0 Å². The number of ether oxygens (including phenoxy) is 2. The van der Waals surface area contributed by atoms with Crippen LogP contribution in [0.2, 0.25) is 0 Å². The Morgan fingerprint density at radius 3 is 2.80 bits per heavy atom. The van der Waals surface area contributed by atoms with Crippen LogP contribution in [0, 0.1) is 0 Å². The van der Waals surface area contributed by atoms with Crippen LogP contribution in [0.3, 0.4) is 0 Å². The van der Waals surface area contributed by atoms with E-state index in [9.17, 15) is 8.42 Å². The van der Waals surface area contributed by atoms with Gasteiger partial charge in [-0.1, -0.05) is 13.0 Å². The average molecular weight is 365 g/mol. The summed E-state index contributed by atoms with van der Waals surface area (Å²) in [4.78, 5) is 4.43. The second-order valence-corrected chi connectivity index (χ2v) is 8.67. The van der Waals surface area contributed by atoms with Gasteiger partial charge < -0.3 is 14.0 Å². The van der Waals surface area contributed by atoms with E-state index < -0.39 is 10.0 Å². The Kier molecular flexibility index (Phi) is 5.01. The molecule has 0 spiro atoms. The fraction of sp³-hybridized carbons (Fsp3) is 0.471. The van der Waals surface area contributed by atoms with Gasteiger partial charge in [-0.3, -0.25) is 0 Å². The summed E-state index contributed by atoms with van der Waals surface area (Å²) in [6.45, 7) is 2.74. The lowest BCUT2D eigenvalue weighted by Crippen LogP contribution is -2.27. The van der Waals surface area contributed by atoms with Crippen LogP contribution in [0.25, 0.3) is 0 Å². The summed E-state index contributed by atoms with van der Waals surface area (Å²) in [6, 6.07) is 5.93. The Morgan fingerprint density at radius 1 is 1.28 bits per heavy atom. The molecule has 0 saturated heterocycles. The second kappa shape index (κ2) is 7.05. The molecule has 1 aromatic carbocycles. The molecular weight excluding hydrogens is 342 g/mol. The summed E-state index contributed by atoms with van der Waals surface area (Å²) < 4.78 is 37.9. The first kappa shape index (κ1) is 17.8. The van der Waals surface area contributed by atoms with E-state index >= 15 is 0 Å². The molecule has 1 unspecified atom stereocenters. The van der Waals surface area contributed by atoms with Crippen molar-refractivity contribution in [3.63, 3.8) is 0 Å². The predicted octanol–water partition coefficient (Wildman–Crippen LogP) is 1.85. The summed E-state index contributed by atoms with van der Waals surface area (Å²) in [7, 11) is -0.132. The van der Waals surface area contributed by atoms with Crippen LogP contribution < -0.4 is 9.47 Å². The van der Waals surface area contributed by atoms with E-state index in [1.165, 1.54) is 4.31 Å². The van der Waals surface area contributed by atoms with Gasteiger partial charge in [0.15, 0.2) is 11.5 Å². The molecule has 3 rings (SSSR count). The molecule has 0 amide bonds. The Balaban J connectivity index is 1.69. The minimum atomic E-state index is -3.23. The zero-order valence-electron chi connectivity index (χ0n) is 14.7. The average Bonchev–Trinajstić information content (AvgIpc) is 3.21. The van der Waals surface area contributed by atoms with E-state index in [0.29, 0.717) is 6.54 Å². The van der Waals surface area contributed by atoms with Crippen LogP contribution >= 0.6 is 0 Å². The number of benzene rings is 1. The third kappa shape index (κ3) is 3.96. The van der Waals surface area contributed by atoms with Gasteiger partial charge in [-0.15, -0.1) is 0 Å². The number of aryl methyl sites for hydroxylation is 1. The number of nitrogens with zero attached hydrogens (tertiary/aromatic N) is 3. The van der Waals surface area contributed by atoms with Gasteiger partial charge in [-0.2, -0.15) is 0 Å². The molecular formula is C17H23N3O4S. The van der Waals surface area contributed by atoms with Crippen LogP contribution in [0.15, 0.2) is 30.6 Å². The maximum absolute atomic E-state index is 12.0. The van der Waals surface area contributed by atoms with Crippen molar-refractivity contribution in [3.05, 3.63) is 42.0 Å². The summed E-state index contributed by atoms with van der Waals surface area (Å²) >= 11 is 0. The van der Waals surface area contributed by atoms with Gasteiger partial charge in [-0.05, 0) is 24.1 Å². The minimum absolute atomic E-state index is 0.0557. The molecule has 7 nitrogen and oxygen atoms in total. The molecule has 1 aliphatic heterocycles. The lowest BCUT2D eigenvalue weighted by Gasteiger charge is -2.16. The van der Waals surface area contributed by atoms with Gasteiger partial charge in [-0.25, -0.2) is 17.7 Å². The van der Waals surface area contributed by atoms with Crippen LogP contribution in [0.1, 0.15) is 24.2 Å². The molecule has 0 radical (unpaired) electrons. The summed E-state index contributed by atoms with van der Waals surface area (Å²) in [6.07, 6.45) is 4.33. The van der Waals surface area contributed by atoms with Crippen molar-refractivity contribution in [3.8, 4) is 11.5 Å². The first-order valence-corrected chi connectivity index (χ1v) is 9.77. The fourth-order valence-electron chi connectivity index (χ4n) is 2.85. The Labute approximate surface area is 148 Å². The van der Waals surface area contributed by atoms with E-state index in [2.05, 4.69) is 11.9 Å². The number of hydrogen-bond acceptors (Lipinski definition) is 5. The third-order valence-electron chi connectivity index (χ3n) is 4.31. The lowest BCUT2D eigenvalue weighted by molar-refractivity contribution is 0.174. The quantitative estimate of drug-likeness (QED) is 0.749. The highest BCUT2D eigenvalue weighted by Gasteiger charge is 2.19. The molecule has 0 N–H and O–H groups in total. The smallest absolute Gasteiger partial charge is 0.231 e. The topological polar surface area (TPSA) is 73.7 Å². The maximum Gasteiger partial charge on any atom is 0.231 e. The van der Waals surface area contributed by atoms with Crippen LogP contribution in [-0.2, 0) is 23.0 Å². The molecule has 0 saturated carbocycles. The summed E-state index contributed by atoms with van der Waals surface area (Å²) in [5.41, 5.74) is 1.13. The number of rotatable bonds is 7. The molecule has 2 heterocycles. The molecule has 1 atom stereocenters. The highest BCUT2D eigenvalue weighted by Crippen LogP contribution is 2.33. The van der Waals surface area contributed by atoms with Crippen molar-refractivity contribution in [2.24, 2.45) is 0 Å². The molecule has 136 valence electrons. The Bertz CT molecular complexity index is 845. The van der Waals surface area contributed by atoms with E-state index in [1.807, 2.05) is 29.0 Å². The van der Waals surface area contributed by atoms with E-state index in [-0.39, 0.29) is 18.5 Å². The standard InChI is InChI=1S/C17H23N3O4S/c1-13(10-14-4-5-15-16(11-14)24-12-23-15)17-18-6-7-20(17)8-9-25(21,22)19(2)3/h4-7,11,13H,8-10,12H2,1-3H3. The summed E-state index contributed by atoms with van der Waals surface area (Å²) in [5, 5.41) is 0. The first-order valence-electron chi connectivity index (χ1n) is 8.16. The number of sulfonamides is 1. The largest absolute Gasteiger partial charge is 0.454 e. The number of imidazole rings is 1. The van der Waals surface area contributed by atoms with Gasteiger partial charge in [0.1, 0.15) is 5.82 Å². The predicted molar refractivity (Wildman–Crippen MR) is 94.4 cm³/mol. The lowest BCUT2D eigenvalue weighted by atomic mass is 10.00. The first-order chi connectivity index (χ1) is 11.9. The van der Waals surface area contributed by atoms with Crippen LogP contribution in [-0.4, -0.2) is 48.9 Å². The Morgan fingerprint density at radius 2 is 2.04 bits per heavy atom. The number of aromatic nitrogens is 2. The van der Waals surface area contributed by atoms with E-state index in [1.54, 1.807) is 20.3 Å². The SMILES string of the molecule is CC(Cc1ccc2c(c1)OCO2)c1nccn1CCS(=O)(=O)N(C)C. The van der Waals surface area contributed by atoms with Crippen LogP contribution in [0.5, 0.6) is 11.5 Å². The molecule has 8 heteroatoms. The molecule has 0 bridgehead atoms. The van der Waals surface area contributed by atoms with Gasteiger partial charge in [0.05, 0.1) is 5.75 Å². The molecule has 0 aliphatic carbocycles.